The molecule has 0 saturated carbocycles. The third-order valence-electron chi connectivity index (χ3n) is 2.82. The largest absolute Gasteiger partial charge is 0.455 e. The van der Waals surface area contributed by atoms with E-state index in [2.05, 4.69) is 37.9 Å². The van der Waals surface area contributed by atoms with E-state index in [0.29, 0.717) is 22.8 Å². The lowest BCUT2D eigenvalue weighted by Gasteiger charge is -2.12. The van der Waals surface area contributed by atoms with Gasteiger partial charge < -0.3 is 10.1 Å². The predicted octanol–water partition coefficient (Wildman–Crippen LogP) is 2.85. The van der Waals surface area contributed by atoms with Crippen LogP contribution in [-0.4, -0.2) is 22.9 Å². The highest BCUT2D eigenvalue weighted by atomic mass is 127. The van der Waals surface area contributed by atoms with Gasteiger partial charge in [0.1, 0.15) is 20.9 Å². The minimum absolute atomic E-state index is 0.231. The highest BCUT2D eigenvalue weighted by Gasteiger charge is 2.14. The normalized spacial score (nSPS) is 10.2. The number of nitrogens with one attached hydrogen (secondary N) is 1. The van der Waals surface area contributed by atoms with Crippen molar-refractivity contribution < 1.29 is 9.53 Å². The number of hydrogen-bond donors (Lipinski definition) is 1. The van der Waals surface area contributed by atoms with Crippen molar-refractivity contribution in [1.82, 2.24) is 15.3 Å². The number of rotatable bonds is 3. The Morgan fingerprint density at radius 1 is 1.25 bits per heavy atom. The van der Waals surface area contributed by atoms with Crippen molar-refractivity contribution >= 4 is 28.5 Å². The van der Waals surface area contributed by atoms with Gasteiger partial charge in [0.15, 0.2) is 0 Å². The van der Waals surface area contributed by atoms with Crippen LogP contribution in [0.1, 0.15) is 21.7 Å². The molecule has 2 aromatic heterocycles. The average Bonchev–Trinajstić information content (AvgIpc) is 2.43. The standard InChI is InChI=1S/C14H14IN3O2/c1-8-10(6-7-17-13(8)14(19)16-3)20-11-4-5-12(15)18-9(11)2/h4-7H,1-3H3,(H,16,19). The van der Waals surface area contributed by atoms with Crippen molar-refractivity contribution in [2.45, 2.75) is 13.8 Å². The smallest absolute Gasteiger partial charge is 0.270 e. The van der Waals surface area contributed by atoms with E-state index in [1.807, 2.05) is 26.0 Å². The Bertz CT molecular complexity index is 659. The molecule has 0 aromatic carbocycles. The molecular formula is C14H14IN3O2. The first-order valence-electron chi connectivity index (χ1n) is 6.01. The maximum atomic E-state index is 11.7. The SMILES string of the molecule is CNC(=O)c1nccc(Oc2ccc(I)nc2C)c1C. The first-order valence-corrected chi connectivity index (χ1v) is 7.09. The summed E-state index contributed by atoms with van der Waals surface area (Å²) in [4.78, 5) is 20.1. The Kier molecular flexibility index (Phi) is 4.53. The summed E-state index contributed by atoms with van der Waals surface area (Å²) < 4.78 is 6.75. The first-order chi connectivity index (χ1) is 9.52. The number of carbonyl (C=O) groups is 1. The van der Waals surface area contributed by atoms with E-state index in [-0.39, 0.29) is 5.91 Å². The van der Waals surface area contributed by atoms with Gasteiger partial charge in [-0.15, -0.1) is 0 Å². The third kappa shape index (κ3) is 3.06. The van der Waals surface area contributed by atoms with Crippen molar-refractivity contribution in [3.63, 3.8) is 0 Å². The molecule has 0 aliphatic rings. The van der Waals surface area contributed by atoms with E-state index in [0.717, 1.165) is 9.39 Å². The Morgan fingerprint density at radius 3 is 2.65 bits per heavy atom. The van der Waals surface area contributed by atoms with Gasteiger partial charge in [0, 0.05) is 18.8 Å². The molecule has 0 radical (unpaired) electrons. The summed E-state index contributed by atoms with van der Waals surface area (Å²) in [6.45, 7) is 3.69. The zero-order valence-corrected chi connectivity index (χ0v) is 13.6. The number of amides is 1. The van der Waals surface area contributed by atoms with Gasteiger partial charge in [0.05, 0.1) is 5.69 Å². The molecule has 0 atom stereocenters. The molecule has 0 aliphatic heterocycles. The van der Waals surface area contributed by atoms with Crippen LogP contribution in [0.25, 0.3) is 0 Å². The van der Waals surface area contributed by atoms with Crippen LogP contribution < -0.4 is 10.1 Å². The number of pyridine rings is 2. The lowest BCUT2D eigenvalue weighted by molar-refractivity contribution is 0.0957. The summed E-state index contributed by atoms with van der Waals surface area (Å²) in [5, 5.41) is 2.56. The molecule has 1 amide bonds. The van der Waals surface area contributed by atoms with Crippen molar-refractivity contribution in [3.8, 4) is 11.5 Å². The fraction of sp³-hybridized carbons (Fsp3) is 0.214. The molecule has 0 unspecified atom stereocenters. The van der Waals surface area contributed by atoms with Crippen molar-refractivity contribution in [2.75, 3.05) is 7.05 Å². The number of aromatic nitrogens is 2. The van der Waals surface area contributed by atoms with Crippen LogP contribution >= 0.6 is 22.6 Å². The second-order valence-corrected chi connectivity index (χ2v) is 5.29. The molecule has 0 spiro atoms. The summed E-state index contributed by atoms with van der Waals surface area (Å²) in [6.07, 6.45) is 1.56. The van der Waals surface area contributed by atoms with E-state index < -0.39 is 0 Å². The molecular weight excluding hydrogens is 369 g/mol. The molecule has 0 aliphatic carbocycles. The van der Waals surface area contributed by atoms with Crippen LogP contribution in [0.4, 0.5) is 0 Å². The molecule has 1 N–H and O–H groups in total. The van der Waals surface area contributed by atoms with E-state index in [1.54, 1.807) is 19.3 Å². The van der Waals surface area contributed by atoms with Crippen molar-refractivity contribution in [3.05, 3.63) is 45.0 Å². The van der Waals surface area contributed by atoms with E-state index in [4.69, 9.17) is 4.74 Å². The maximum absolute atomic E-state index is 11.7. The van der Waals surface area contributed by atoms with Crippen LogP contribution in [0.2, 0.25) is 0 Å². The first kappa shape index (κ1) is 14.7. The molecule has 2 heterocycles. The summed E-state index contributed by atoms with van der Waals surface area (Å²) >= 11 is 2.15. The van der Waals surface area contributed by atoms with Gasteiger partial charge in [-0.05, 0) is 54.6 Å². The van der Waals surface area contributed by atoms with E-state index in [9.17, 15) is 4.79 Å². The Morgan fingerprint density at radius 2 is 2.00 bits per heavy atom. The minimum Gasteiger partial charge on any atom is -0.455 e. The quantitative estimate of drug-likeness (QED) is 0.654. The molecule has 104 valence electrons. The zero-order valence-electron chi connectivity index (χ0n) is 11.4. The number of hydrogen-bond acceptors (Lipinski definition) is 4. The average molecular weight is 383 g/mol. The highest BCUT2D eigenvalue weighted by Crippen LogP contribution is 2.28. The number of ether oxygens (including phenoxy) is 1. The Hall–Kier alpha value is -1.70. The number of carbonyl (C=O) groups excluding carboxylic acids is 1. The lowest BCUT2D eigenvalue weighted by atomic mass is 10.2. The van der Waals surface area contributed by atoms with Crippen LogP contribution in [0.5, 0.6) is 11.5 Å². The van der Waals surface area contributed by atoms with E-state index >= 15 is 0 Å². The second-order valence-electron chi connectivity index (χ2n) is 4.18. The molecule has 2 rings (SSSR count). The fourth-order valence-corrected chi connectivity index (χ4v) is 2.26. The zero-order chi connectivity index (χ0) is 14.7. The predicted molar refractivity (Wildman–Crippen MR) is 84.1 cm³/mol. The van der Waals surface area contributed by atoms with Gasteiger partial charge in [0.25, 0.3) is 5.91 Å². The molecule has 0 fully saturated rings. The van der Waals surface area contributed by atoms with Crippen LogP contribution in [0.15, 0.2) is 24.4 Å². The highest BCUT2D eigenvalue weighted by molar-refractivity contribution is 14.1. The number of halogens is 1. The molecule has 6 heteroatoms. The molecule has 0 bridgehead atoms. The van der Waals surface area contributed by atoms with Gasteiger partial charge >= 0.3 is 0 Å². The molecule has 2 aromatic rings. The van der Waals surface area contributed by atoms with Gasteiger partial charge in [-0.3, -0.25) is 9.78 Å². The summed E-state index contributed by atoms with van der Waals surface area (Å²) in [5.41, 5.74) is 1.86. The Balaban J connectivity index is 2.37. The van der Waals surface area contributed by atoms with Crippen molar-refractivity contribution in [1.29, 1.82) is 0 Å². The summed E-state index contributed by atoms with van der Waals surface area (Å²) in [5.74, 6) is 1.04. The topological polar surface area (TPSA) is 64.1 Å². The monoisotopic (exact) mass is 383 g/mol. The van der Waals surface area contributed by atoms with Crippen LogP contribution in [0, 0.1) is 17.5 Å². The maximum Gasteiger partial charge on any atom is 0.270 e. The third-order valence-corrected chi connectivity index (χ3v) is 3.42. The lowest BCUT2D eigenvalue weighted by Crippen LogP contribution is -2.20. The minimum atomic E-state index is -0.231. The van der Waals surface area contributed by atoms with Gasteiger partial charge in [0.2, 0.25) is 0 Å². The summed E-state index contributed by atoms with van der Waals surface area (Å²) in [7, 11) is 1.57. The Labute approximate surface area is 130 Å². The molecule has 20 heavy (non-hydrogen) atoms. The number of aryl methyl sites for hydroxylation is 1. The molecule has 0 saturated heterocycles. The van der Waals surface area contributed by atoms with Gasteiger partial charge in [-0.2, -0.15) is 0 Å². The molecule has 5 nitrogen and oxygen atoms in total. The van der Waals surface area contributed by atoms with Gasteiger partial charge in [-0.25, -0.2) is 4.98 Å². The summed E-state index contributed by atoms with van der Waals surface area (Å²) in [6, 6.07) is 5.47. The number of nitrogens with zero attached hydrogens (tertiary/aromatic N) is 2. The second kappa shape index (κ2) is 6.17. The fourth-order valence-electron chi connectivity index (χ4n) is 1.72. The van der Waals surface area contributed by atoms with Crippen LogP contribution in [-0.2, 0) is 0 Å². The van der Waals surface area contributed by atoms with Gasteiger partial charge in [-0.1, -0.05) is 0 Å². The van der Waals surface area contributed by atoms with Crippen molar-refractivity contribution in [2.24, 2.45) is 0 Å². The van der Waals surface area contributed by atoms with E-state index in [1.165, 1.54) is 0 Å². The van der Waals surface area contributed by atoms with Crippen LogP contribution in [0.3, 0.4) is 0 Å².